The number of benzene rings is 3. The van der Waals surface area contributed by atoms with Crippen LogP contribution in [-0.2, 0) is 11.2 Å². The molecule has 0 atom stereocenters. The van der Waals surface area contributed by atoms with Gasteiger partial charge in [0.15, 0.2) is 5.75 Å². The van der Waals surface area contributed by atoms with Gasteiger partial charge in [-0.05, 0) is 59.9 Å². The zero-order chi connectivity index (χ0) is 21.1. The van der Waals surface area contributed by atoms with E-state index in [1.165, 1.54) is 12.1 Å². The Balaban J connectivity index is 1.88. The molecule has 0 radical (unpaired) electrons. The third-order valence-electron chi connectivity index (χ3n) is 4.90. The van der Waals surface area contributed by atoms with Crippen molar-refractivity contribution in [2.45, 2.75) is 13.3 Å². The number of nitrogens with zero attached hydrogens (tertiary/aromatic N) is 1. The predicted octanol–water partition coefficient (Wildman–Crippen LogP) is 5.51. The van der Waals surface area contributed by atoms with Gasteiger partial charge in [-0.15, -0.1) is 0 Å². The summed E-state index contributed by atoms with van der Waals surface area (Å²) in [6.45, 7) is 1.93. The van der Waals surface area contributed by atoms with Gasteiger partial charge in [0.05, 0.1) is 6.61 Å². The fourth-order valence-corrected chi connectivity index (χ4v) is 3.48. The quantitative estimate of drug-likeness (QED) is 0.448. The van der Waals surface area contributed by atoms with Crippen molar-refractivity contribution in [2.24, 2.45) is 0 Å². The topological polar surface area (TPSA) is 59.4 Å². The number of ether oxygens (including phenoxy) is 1. The molecule has 0 amide bonds. The van der Waals surface area contributed by atoms with Gasteiger partial charge in [0.1, 0.15) is 16.9 Å². The van der Waals surface area contributed by atoms with Crippen molar-refractivity contribution in [1.82, 2.24) is 4.98 Å². The first-order valence-corrected chi connectivity index (χ1v) is 9.68. The number of halogens is 1. The van der Waals surface area contributed by atoms with Crippen LogP contribution in [0.25, 0.3) is 22.0 Å². The van der Waals surface area contributed by atoms with E-state index >= 15 is 0 Å². The monoisotopic (exact) mass is 401 g/mol. The number of phenols is 1. The number of esters is 1. The van der Waals surface area contributed by atoms with Gasteiger partial charge < -0.3 is 9.84 Å². The molecule has 1 N–H and O–H groups in total. The minimum atomic E-state index is -0.591. The van der Waals surface area contributed by atoms with Crippen LogP contribution in [0.5, 0.6) is 5.75 Å². The maximum absolute atomic E-state index is 13.2. The number of carbonyl (C=O) groups excluding carboxylic acids is 1. The Labute approximate surface area is 173 Å². The van der Waals surface area contributed by atoms with Gasteiger partial charge in [-0.2, -0.15) is 0 Å². The minimum Gasteiger partial charge on any atom is -0.505 e. The Hall–Kier alpha value is -3.73. The van der Waals surface area contributed by atoms with Gasteiger partial charge in [0, 0.05) is 11.6 Å². The number of aromatic hydroxyl groups is 1. The molecular formula is C25H20FNO3. The first-order chi connectivity index (χ1) is 14.6. The molecule has 4 aromatic rings. The van der Waals surface area contributed by atoms with Gasteiger partial charge in [0.25, 0.3) is 0 Å². The summed E-state index contributed by atoms with van der Waals surface area (Å²) in [6.07, 6.45) is 2.23. The minimum absolute atomic E-state index is 0.0852. The first-order valence-electron chi connectivity index (χ1n) is 9.68. The number of phenolic OH excluding ortho intramolecular Hbond substituents is 1. The predicted molar refractivity (Wildman–Crippen MR) is 114 cm³/mol. The van der Waals surface area contributed by atoms with Crippen LogP contribution in [-0.4, -0.2) is 22.7 Å². The maximum Gasteiger partial charge on any atom is 0.342 e. The molecule has 0 unspecified atom stereocenters. The van der Waals surface area contributed by atoms with Crippen LogP contribution in [0.1, 0.15) is 28.4 Å². The van der Waals surface area contributed by atoms with E-state index in [9.17, 15) is 14.3 Å². The molecule has 150 valence electrons. The lowest BCUT2D eigenvalue weighted by Crippen LogP contribution is -2.06. The molecule has 0 fully saturated rings. The van der Waals surface area contributed by atoms with Crippen LogP contribution < -0.4 is 0 Å². The molecule has 3 aromatic carbocycles. The molecule has 0 aliphatic carbocycles. The molecule has 4 rings (SSSR count). The molecule has 0 saturated carbocycles. The van der Waals surface area contributed by atoms with Crippen LogP contribution in [0.4, 0.5) is 4.39 Å². The van der Waals surface area contributed by atoms with Gasteiger partial charge in [-0.1, -0.05) is 42.5 Å². The van der Waals surface area contributed by atoms with E-state index in [0.717, 1.165) is 27.6 Å². The summed E-state index contributed by atoms with van der Waals surface area (Å²) in [5.41, 5.74) is 3.96. The van der Waals surface area contributed by atoms with E-state index in [1.807, 2.05) is 36.4 Å². The molecule has 0 aliphatic rings. The summed E-state index contributed by atoms with van der Waals surface area (Å²) in [5.74, 6) is -1.07. The van der Waals surface area contributed by atoms with E-state index in [-0.39, 0.29) is 23.7 Å². The van der Waals surface area contributed by atoms with Crippen molar-refractivity contribution < 1.29 is 19.0 Å². The van der Waals surface area contributed by atoms with E-state index in [0.29, 0.717) is 11.9 Å². The summed E-state index contributed by atoms with van der Waals surface area (Å²) in [6, 6.07) is 19.5. The van der Waals surface area contributed by atoms with Crippen molar-refractivity contribution in [1.29, 1.82) is 0 Å². The third kappa shape index (κ3) is 3.87. The summed E-state index contributed by atoms with van der Waals surface area (Å²) < 4.78 is 18.3. The molecule has 1 heterocycles. The fourth-order valence-electron chi connectivity index (χ4n) is 3.48. The van der Waals surface area contributed by atoms with E-state index < -0.39 is 5.97 Å². The second-order valence-electron chi connectivity index (χ2n) is 6.95. The highest BCUT2D eigenvalue weighted by Gasteiger charge is 2.20. The highest BCUT2D eigenvalue weighted by atomic mass is 19.1. The van der Waals surface area contributed by atoms with Crippen LogP contribution in [0.15, 0.2) is 72.9 Å². The fraction of sp³-hybridized carbons (Fsp3) is 0.120. The van der Waals surface area contributed by atoms with E-state index in [1.54, 1.807) is 31.3 Å². The number of hydrogen-bond acceptors (Lipinski definition) is 4. The van der Waals surface area contributed by atoms with Gasteiger partial charge >= 0.3 is 5.97 Å². The van der Waals surface area contributed by atoms with Gasteiger partial charge in [-0.3, -0.25) is 4.98 Å². The lowest BCUT2D eigenvalue weighted by atomic mass is 9.95. The second-order valence-corrected chi connectivity index (χ2v) is 6.95. The van der Waals surface area contributed by atoms with Crippen LogP contribution in [0, 0.1) is 5.82 Å². The van der Waals surface area contributed by atoms with Crippen molar-refractivity contribution in [3.63, 3.8) is 0 Å². The van der Waals surface area contributed by atoms with Crippen molar-refractivity contribution in [3.05, 3.63) is 95.4 Å². The Kier molecular flexibility index (Phi) is 5.44. The largest absolute Gasteiger partial charge is 0.505 e. The second kappa shape index (κ2) is 8.33. The molecule has 1 aromatic heterocycles. The van der Waals surface area contributed by atoms with Crippen LogP contribution >= 0.6 is 0 Å². The van der Waals surface area contributed by atoms with Gasteiger partial charge in [-0.25, -0.2) is 9.18 Å². The molecular weight excluding hydrogens is 381 g/mol. The number of carbonyl (C=O) groups is 1. The molecule has 30 heavy (non-hydrogen) atoms. The standard InChI is InChI=1S/C25H20FNO3/c1-2-30-25(29)22-14-20(18-6-4-3-5-7-18)21-13-17(15-27-23(21)24(22)28)12-16-8-10-19(26)11-9-16/h3-11,13-15,28H,2,12H2,1H3. The average molecular weight is 401 g/mol. The molecule has 4 nitrogen and oxygen atoms in total. The van der Waals surface area contributed by atoms with Crippen LogP contribution in [0.3, 0.4) is 0 Å². The third-order valence-corrected chi connectivity index (χ3v) is 4.90. The van der Waals surface area contributed by atoms with Crippen molar-refractivity contribution in [2.75, 3.05) is 6.61 Å². The molecule has 5 heteroatoms. The SMILES string of the molecule is CCOC(=O)c1cc(-c2ccccc2)c2cc(Cc3ccc(F)cc3)cnc2c1O. The number of fused-ring (bicyclic) bond motifs is 1. The zero-order valence-electron chi connectivity index (χ0n) is 16.4. The maximum atomic E-state index is 13.2. The summed E-state index contributed by atoms with van der Waals surface area (Å²) >= 11 is 0. The smallest absolute Gasteiger partial charge is 0.342 e. The lowest BCUT2D eigenvalue weighted by Gasteiger charge is -2.13. The van der Waals surface area contributed by atoms with Crippen molar-refractivity contribution >= 4 is 16.9 Å². The molecule has 0 saturated heterocycles. The molecule has 0 aliphatic heterocycles. The Morgan fingerprint density at radius 1 is 1.03 bits per heavy atom. The Morgan fingerprint density at radius 2 is 1.77 bits per heavy atom. The average Bonchev–Trinajstić information content (AvgIpc) is 2.76. The number of aromatic nitrogens is 1. The number of pyridine rings is 1. The molecule has 0 spiro atoms. The molecule has 0 bridgehead atoms. The summed E-state index contributed by atoms with van der Waals surface area (Å²) in [4.78, 5) is 16.8. The van der Waals surface area contributed by atoms with Crippen LogP contribution in [0.2, 0.25) is 0 Å². The lowest BCUT2D eigenvalue weighted by molar-refractivity contribution is 0.0523. The summed E-state index contributed by atoms with van der Waals surface area (Å²) in [7, 11) is 0. The normalized spacial score (nSPS) is 10.9. The first kappa shape index (κ1) is 19.6. The number of hydrogen-bond donors (Lipinski definition) is 1. The summed E-state index contributed by atoms with van der Waals surface area (Å²) in [5, 5.41) is 11.5. The Bertz CT molecular complexity index is 1200. The van der Waals surface area contributed by atoms with Crippen molar-refractivity contribution in [3.8, 4) is 16.9 Å². The van der Waals surface area contributed by atoms with E-state index in [4.69, 9.17) is 4.74 Å². The zero-order valence-corrected chi connectivity index (χ0v) is 16.4. The number of rotatable bonds is 5. The highest BCUT2D eigenvalue weighted by molar-refractivity contribution is 6.06. The highest BCUT2D eigenvalue weighted by Crippen LogP contribution is 2.37. The van der Waals surface area contributed by atoms with Gasteiger partial charge in [0.2, 0.25) is 0 Å². The Morgan fingerprint density at radius 3 is 2.47 bits per heavy atom. The van der Waals surface area contributed by atoms with E-state index in [2.05, 4.69) is 4.98 Å².